The summed E-state index contributed by atoms with van der Waals surface area (Å²) in [6, 6.07) is 15.6. The van der Waals surface area contributed by atoms with Crippen molar-refractivity contribution in [3.63, 3.8) is 0 Å². The quantitative estimate of drug-likeness (QED) is 0.576. The van der Waals surface area contributed by atoms with E-state index in [1.807, 2.05) is 45.0 Å². The Morgan fingerprint density at radius 2 is 1.69 bits per heavy atom. The third kappa shape index (κ3) is 5.19. The summed E-state index contributed by atoms with van der Waals surface area (Å²) in [7, 11) is 0. The number of alkyl carbamates (subject to hydrolysis) is 1. The molecule has 0 spiro atoms. The number of amides is 2. The molecule has 0 aromatic heterocycles. The number of carbonyl (C=O) groups excluding carboxylic acids is 2. The Balaban J connectivity index is 1.23. The molecule has 4 rings (SSSR count). The number of hydrogen-bond donors (Lipinski definition) is 2. The van der Waals surface area contributed by atoms with Gasteiger partial charge in [0.1, 0.15) is 12.6 Å². The average molecular weight is 479 g/mol. The first-order valence-electron chi connectivity index (χ1n) is 12.3. The van der Waals surface area contributed by atoms with Crippen LogP contribution in [0.4, 0.5) is 4.79 Å². The van der Waals surface area contributed by atoms with Crippen molar-refractivity contribution in [2.45, 2.75) is 52.0 Å². The minimum atomic E-state index is -0.953. The summed E-state index contributed by atoms with van der Waals surface area (Å²) in [5.41, 5.74) is 4.26. The highest BCUT2D eigenvalue weighted by Gasteiger charge is 2.47. The van der Waals surface area contributed by atoms with Gasteiger partial charge in [-0.15, -0.1) is 0 Å². The van der Waals surface area contributed by atoms with Gasteiger partial charge in [-0.05, 0) is 46.4 Å². The lowest BCUT2D eigenvalue weighted by molar-refractivity contribution is -0.151. The van der Waals surface area contributed by atoms with E-state index in [4.69, 9.17) is 4.74 Å². The summed E-state index contributed by atoms with van der Waals surface area (Å²) in [6.45, 7) is 6.83. The standard InChI is InChI=1S/C28H34N2O5/c1-18(16-24(31)30-15-13-28(2,3)25(30)26(32)33)12-14-29-27(34)35-17-23-21-10-6-4-8-19(21)20-9-5-7-11-22(20)23/h4-11,18,23,25H,12-17H2,1-3H3,(H,29,34)(H,32,33). The maximum absolute atomic E-state index is 12.8. The smallest absolute Gasteiger partial charge is 0.407 e. The van der Waals surface area contributed by atoms with Crippen LogP contribution in [0.15, 0.2) is 48.5 Å². The minimum Gasteiger partial charge on any atom is -0.480 e. The number of likely N-dealkylation sites (tertiary alicyclic amines) is 1. The highest BCUT2D eigenvalue weighted by atomic mass is 16.5. The third-order valence-corrected chi connectivity index (χ3v) is 7.38. The summed E-state index contributed by atoms with van der Waals surface area (Å²) in [5.74, 6) is -1.08. The van der Waals surface area contributed by atoms with Crippen LogP contribution in [0.25, 0.3) is 11.1 Å². The number of nitrogens with one attached hydrogen (secondary N) is 1. The van der Waals surface area contributed by atoms with Crippen molar-refractivity contribution in [2.24, 2.45) is 11.3 Å². The van der Waals surface area contributed by atoms with Crippen LogP contribution in [-0.2, 0) is 14.3 Å². The highest BCUT2D eigenvalue weighted by Crippen LogP contribution is 2.44. The molecule has 1 fully saturated rings. The Morgan fingerprint density at radius 3 is 2.29 bits per heavy atom. The number of nitrogens with zero attached hydrogens (tertiary/aromatic N) is 1. The lowest BCUT2D eigenvalue weighted by atomic mass is 9.84. The van der Waals surface area contributed by atoms with Crippen LogP contribution in [0.3, 0.4) is 0 Å². The molecule has 2 atom stereocenters. The summed E-state index contributed by atoms with van der Waals surface area (Å²) in [4.78, 5) is 38.3. The van der Waals surface area contributed by atoms with Gasteiger partial charge in [-0.25, -0.2) is 9.59 Å². The molecular formula is C28H34N2O5. The van der Waals surface area contributed by atoms with E-state index in [9.17, 15) is 19.5 Å². The van der Waals surface area contributed by atoms with Crippen molar-refractivity contribution in [2.75, 3.05) is 19.7 Å². The van der Waals surface area contributed by atoms with Crippen LogP contribution < -0.4 is 5.32 Å². The molecule has 2 aliphatic rings. The van der Waals surface area contributed by atoms with E-state index in [0.717, 1.165) is 0 Å². The molecule has 1 aliphatic heterocycles. The molecule has 0 saturated carbocycles. The average Bonchev–Trinajstić information content (AvgIpc) is 3.31. The molecule has 2 aromatic rings. The van der Waals surface area contributed by atoms with Crippen LogP contribution in [0.5, 0.6) is 0 Å². The van der Waals surface area contributed by atoms with Gasteiger partial charge < -0.3 is 20.1 Å². The van der Waals surface area contributed by atoms with E-state index in [-0.39, 0.29) is 30.8 Å². The summed E-state index contributed by atoms with van der Waals surface area (Å²) < 4.78 is 5.56. The fraction of sp³-hybridized carbons (Fsp3) is 0.464. The highest BCUT2D eigenvalue weighted by molar-refractivity contribution is 5.85. The third-order valence-electron chi connectivity index (χ3n) is 7.38. The van der Waals surface area contributed by atoms with Crippen molar-refractivity contribution in [3.05, 3.63) is 59.7 Å². The lowest BCUT2D eigenvalue weighted by Crippen LogP contribution is -2.46. The number of rotatable bonds is 8. The van der Waals surface area contributed by atoms with Crippen LogP contribution in [-0.4, -0.2) is 53.7 Å². The second kappa shape index (κ2) is 10.1. The molecule has 2 unspecified atom stereocenters. The van der Waals surface area contributed by atoms with E-state index in [0.29, 0.717) is 25.9 Å². The maximum Gasteiger partial charge on any atom is 0.407 e. The molecule has 1 heterocycles. The van der Waals surface area contributed by atoms with Gasteiger partial charge in [-0.2, -0.15) is 0 Å². The van der Waals surface area contributed by atoms with Gasteiger partial charge in [-0.1, -0.05) is 69.3 Å². The van der Waals surface area contributed by atoms with Crippen molar-refractivity contribution < 1.29 is 24.2 Å². The van der Waals surface area contributed by atoms with Gasteiger partial charge in [0.15, 0.2) is 0 Å². The fourth-order valence-corrected chi connectivity index (χ4v) is 5.42. The first-order valence-corrected chi connectivity index (χ1v) is 12.3. The number of aliphatic carboxylic acids is 1. The lowest BCUT2D eigenvalue weighted by Gasteiger charge is -2.29. The van der Waals surface area contributed by atoms with Crippen molar-refractivity contribution >= 4 is 18.0 Å². The summed E-state index contributed by atoms with van der Waals surface area (Å²) in [6.07, 6.45) is 1.06. The Labute approximate surface area is 206 Å². The topological polar surface area (TPSA) is 95.9 Å². The van der Waals surface area contributed by atoms with Crippen molar-refractivity contribution in [1.82, 2.24) is 10.2 Å². The zero-order valence-corrected chi connectivity index (χ0v) is 20.6. The Morgan fingerprint density at radius 1 is 1.09 bits per heavy atom. The van der Waals surface area contributed by atoms with E-state index in [1.54, 1.807) is 0 Å². The molecule has 1 saturated heterocycles. The minimum absolute atomic E-state index is 0.00884. The van der Waals surface area contributed by atoms with Gasteiger partial charge in [0.05, 0.1) is 0 Å². The molecule has 0 radical (unpaired) electrons. The fourth-order valence-electron chi connectivity index (χ4n) is 5.42. The summed E-state index contributed by atoms with van der Waals surface area (Å²) >= 11 is 0. The van der Waals surface area contributed by atoms with Gasteiger partial charge in [0.25, 0.3) is 0 Å². The molecule has 7 heteroatoms. The predicted molar refractivity (Wildman–Crippen MR) is 133 cm³/mol. The van der Waals surface area contributed by atoms with Gasteiger partial charge in [0, 0.05) is 25.4 Å². The Hall–Kier alpha value is -3.35. The number of benzene rings is 2. The molecule has 2 amide bonds. The number of carboxylic acid groups (broad SMARTS) is 1. The van der Waals surface area contributed by atoms with Gasteiger partial charge in [-0.3, -0.25) is 4.79 Å². The van der Waals surface area contributed by atoms with Crippen molar-refractivity contribution in [1.29, 1.82) is 0 Å². The van der Waals surface area contributed by atoms with E-state index in [1.165, 1.54) is 27.2 Å². The number of fused-ring (bicyclic) bond motifs is 3. The molecule has 35 heavy (non-hydrogen) atoms. The molecule has 2 N–H and O–H groups in total. The Kier molecular flexibility index (Phi) is 7.15. The van der Waals surface area contributed by atoms with E-state index < -0.39 is 23.5 Å². The zero-order valence-electron chi connectivity index (χ0n) is 20.6. The van der Waals surface area contributed by atoms with Gasteiger partial charge in [0.2, 0.25) is 5.91 Å². The second-order valence-electron chi connectivity index (χ2n) is 10.4. The Bertz CT molecular complexity index is 1070. The van der Waals surface area contributed by atoms with Crippen LogP contribution in [0.1, 0.15) is 57.1 Å². The number of carboxylic acids is 1. The molecular weight excluding hydrogens is 444 g/mol. The van der Waals surface area contributed by atoms with Gasteiger partial charge >= 0.3 is 12.1 Å². The monoisotopic (exact) mass is 478 g/mol. The zero-order chi connectivity index (χ0) is 25.2. The number of ether oxygens (including phenoxy) is 1. The number of hydrogen-bond acceptors (Lipinski definition) is 4. The maximum atomic E-state index is 12.8. The van der Waals surface area contributed by atoms with E-state index in [2.05, 4.69) is 29.6 Å². The first kappa shape index (κ1) is 24.8. The van der Waals surface area contributed by atoms with E-state index >= 15 is 0 Å². The predicted octanol–water partition coefficient (Wildman–Crippen LogP) is 4.65. The van der Waals surface area contributed by atoms with Crippen molar-refractivity contribution in [3.8, 4) is 11.1 Å². The molecule has 7 nitrogen and oxygen atoms in total. The SMILES string of the molecule is CC(CCNC(=O)OCC1c2ccccc2-c2ccccc21)CC(=O)N1CCC(C)(C)C1C(=O)O. The molecule has 0 bridgehead atoms. The molecule has 2 aromatic carbocycles. The molecule has 186 valence electrons. The van der Waals surface area contributed by atoms with Crippen LogP contribution >= 0.6 is 0 Å². The largest absolute Gasteiger partial charge is 0.480 e. The normalized spacial score (nSPS) is 19.1. The summed E-state index contributed by atoms with van der Waals surface area (Å²) in [5, 5.41) is 12.4. The number of carbonyl (C=O) groups is 3. The second-order valence-corrected chi connectivity index (χ2v) is 10.4. The first-order chi connectivity index (χ1) is 16.7. The van der Waals surface area contributed by atoms with Crippen LogP contribution in [0.2, 0.25) is 0 Å². The van der Waals surface area contributed by atoms with Crippen LogP contribution in [0, 0.1) is 11.3 Å². The molecule has 1 aliphatic carbocycles.